The normalized spacial score (nSPS) is 18.0. The Hall–Kier alpha value is -0.890. The first kappa shape index (κ1) is 10.1. The van der Waals surface area contributed by atoms with Gasteiger partial charge in [0.05, 0.1) is 6.61 Å². The van der Waals surface area contributed by atoms with Crippen LogP contribution in [0.3, 0.4) is 0 Å². The summed E-state index contributed by atoms with van der Waals surface area (Å²) in [5.74, 6) is 1.81. The zero-order valence-corrected chi connectivity index (χ0v) is 5.90. The first-order valence-electron chi connectivity index (χ1n) is 3.03. The first-order valence-corrected chi connectivity index (χ1v) is 3.03. The van der Waals surface area contributed by atoms with E-state index in [0.29, 0.717) is 6.29 Å². The quantitative estimate of drug-likeness (QED) is 0.336. The third kappa shape index (κ3) is 2.31. The van der Waals surface area contributed by atoms with Gasteiger partial charge in [-0.05, 0) is 0 Å². The molecule has 0 amide bonds. The van der Waals surface area contributed by atoms with Crippen LogP contribution in [0.1, 0.15) is 6.42 Å². The van der Waals surface area contributed by atoms with E-state index in [-0.39, 0.29) is 6.42 Å². The second-order valence-electron chi connectivity index (χ2n) is 2.14. The van der Waals surface area contributed by atoms with Crippen molar-refractivity contribution in [2.75, 3.05) is 6.61 Å². The molecule has 0 spiro atoms. The molecule has 0 saturated heterocycles. The van der Waals surface area contributed by atoms with Crippen LogP contribution in [0.2, 0.25) is 0 Å². The summed E-state index contributed by atoms with van der Waals surface area (Å²) in [6.07, 6.45) is 3.53. The van der Waals surface area contributed by atoms with Crippen molar-refractivity contribution >= 4 is 6.29 Å². The summed E-state index contributed by atoms with van der Waals surface area (Å²) in [6.45, 7) is -0.765. The molecule has 2 atom stereocenters. The van der Waals surface area contributed by atoms with Gasteiger partial charge in [0, 0.05) is 6.42 Å². The molecule has 4 heteroatoms. The van der Waals surface area contributed by atoms with Crippen molar-refractivity contribution in [3.8, 4) is 12.3 Å². The van der Waals surface area contributed by atoms with Crippen molar-refractivity contribution in [3.05, 3.63) is 0 Å². The van der Waals surface area contributed by atoms with Crippen molar-refractivity contribution in [2.24, 2.45) is 0 Å². The second-order valence-corrected chi connectivity index (χ2v) is 2.14. The van der Waals surface area contributed by atoms with Crippen molar-refractivity contribution in [1.82, 2.24) is 0 Å². The Balaban J connectivity index is 4.26. The van der Waals surface area contributed by atoms with Crippen LogP contribution in [0.4, 0.5) is 0 Å². The predicted molar refractivity (Wildman–Crippen MR) is 37.6 cm³/mol. The molecule has 0 aromatic carbocycles. The van der Waals surface area contributed by atoms with Crippen molar-refractivity contribution in [1.29, 1.82) is 0 Å². The minimum atomic E-state index is -2.00. The van der Waals surface area contributed by atoms with Gasteiger partial charge in [-0.15, -0.1) is 6.42 Å². The van der Waals surface area contributed by atoms with Gasteiger partial charge in [-0.3, -0.25) is 0 Å². The molecule has 3 N–H and O–H groups in total. The summed E-state index contributed by atoms with van der Waals surface area (Å²) >= 11 is 0. The molecule has 0 rings (SSSR count). The Morgan fingerprint density at radius 2 is 2.27 bits per heavy atom. The fraction of sp³-hybridized carbons (Fsp3) is 0.571. The Kier molecular flexibility index (Phi) is 3.76. The molecule has 0 saturated carbocycles. The summed E-state index contributed by atoms with van der Waals surface area (Å²) < 4.78 is 0. The van der Waals surface area contributed by atoms with E-state index in [2.05, 4.69) is 0 Å². The molecule has 0 aliphatic carbocycles. The molecule has 62 valence electrons. The molecule has 0 aromatic heterocycles. The van der Waals surface area contributed by atoms with Gasteiger partial charge in [-0.2, -0.15) is 0 Å². The van der Waals surface area contributed by atoms with Gasteiger partial charge < -0.3 is 20.1 Å². The van der Waals surface area contributed by atoms with E-state index < -0.39 is 18.3 Å². The number of rotatable bonds is 4. The lowest BCUT2D eigenvalue weighted by Gasteiger charge is -2.23. The van der Waals surface area contributed by atoms with Gasteiger partial charge in [-0.1, -0.05) is 5.92 Å². The number of aliphatic hydroxyl groups is 3. The van der Waals surface area contributed by atoms with E-state index in [4.69, 9.17) is 21.7 Å². The number of hydrogen-bond donors (Lipinski definition) is 3. The van der Waals surface area contributed by atoms with Crippen molar-refractivity contribution in [2.45, 2.75) is 18.1 Å². The van der Waals surface area contributed by atoms with Crippen molar-refractivity contribution < 1.29 is 20.1 Å². The van der Waals surface area contributed by atoms with Crippen LogP contribution in [0.15, 0.2) is 0 Å². The standard InChI is InChI=1S/C7H10O4/c1-2-7(11,5-9)6(10)3-4-8/h1,4,6,9-11H,3,5H2/t6-,7+/m0/s1. The average molecular weight is 158 g/mol. The summed E-state index contributed by atoms with van der Waals surface area (Å²) in [6, 6.07) is 0. The van der Waals surface area contributed by atoms with E-state index in [9.17, 15) is 4.79 Å². The molecular weight excluding hydrogens is 148 g/mol. The Morgan fingerprint density at radius 3 is 2.55 bits per heavy atom. The minimum absolute atomic E-state index is 0.290. The Labute approximate surface area is 64.5 Å². The van der Waals surface area contributed by atoms with Crippen LogP contribution in [0.5, 0.6) is 0 Å². The summed E-state index contributed by atoms with van der Waals surface area (Å²) in [5, 5.41) is 26.6. The highest BCUT2D eigenvalue weighted by Gasteiger charge is 2.32. The van der Waals surface area contributed by atoms with Crippen LogP contribution in [-0.2, 0) is 4.79 Å². The van der Waals surface area contributed by atoms with Gasteiger partial charge in [-0.25, -0.2) is 0 Å². The fourth-order valence-corrected chi connectivity index (χ4v) is 0.533. The monoisotopic (exact) mass is 158 g/mol. The number of hydrogen-bond acceptors (Lipinski definition) is 4. The minimum Gasteiger partial charge on any atom is -0.392 e. The number of aldehydes is 1. The van der Waals surface area contributed by atoms with Gasteiger partial charge in [0.15, 0.2) is 5.60 Å². The molecule has 0 aliphatic heterocycles. The van der Waals surface area contributed by atoms with Crippen LogP contribution in [0, 0.1) is 12.3 Å². The maximum atomic E-state index is 9.87. The molecule has 11 heavy (non-hydrogen) atoms. The topological polar surface area (TPSA) is 77.8 Å². The van der Waals surface area contributed by atoms with E-state index in [1.807, 2.05) is 5.92 Å². The van der Waals surface area contributed by atoms with Crippen LogP contribution in [-0.4, -0.2) is 39.9 Å². The van der Waals surface area contributed by atoms with E-state index >= 15 is 0 Å². The highest BCUT2D eigenvalue weighted by molar-refractivity contribution is 5.51. The van der Waals surface area contributed by atoms with E-state index in [0.717, 1.165) is 0 Å². The SMILES string of the molecule is C#C[C@@](O)(CO)[C@@H](O)CC=O. The lowest BCUT2D eigenvalue weighted by Crippen LogP contribution is -2.44. The largest absolute Gasteiger partial charge is 0.392 e. The lowest BCUT2D eigenvalue weighted by atomic mass is 9.97. The van der Waals surface area contributed by atoms with Crippen molar-refractivity contribution in [3.63, 3.8) is 0 Å². The van der Waals surface area contributed by atoms with Gasteiger partial charge in [0.25, 0.3) is 0 Å². The van der Waals surface area contributed by atoms with Crippen LogP contribution < -0.4 is 0 Å². The third-order valence-corrected chi connectivity index (χ3v) is 1.36. The van der Waals surface area contributed by atoms with Gasteiger partial charge >= 0.3 is 0 Å². The predicted octanol–water partition coefficient (Wildman–Crippen LogP) is -1.71. The number of aliphatic hydroxyl groups excluding tert-OH is 2. The summed E-state index contributed by atoms with van der Waals surface area (Å²) in [4.78, 5) is 9.87. The number of terminal acetylenes is 1. The maximum Gasteiger partial charge on any atom is 0.174 e. The molecule has 0 heterocycles. The molecule has 0 radical (unpaired) electrons. The number of carbonyl (C=O) groups excluding carboxylic acids is 1. The summed E-state index contributed by atoms with van der Waals surface area (Å²) in [5.41, 5.74) is -2.00. The average Bonchev–Trinajstić information content (AvgIpc) is 2.03. The second kappa shape index (κ2) is 4.09. The smallest absolute Gasteiger partial charge is 0.174 e. The molecule has 0 aromatic rings. The van der Waals surface area contributed by atoms with Gasteiger partial charge in [0.2, 0.25) is 0 Å². The molecule has 0 unspecified atom stereocenters. The lowest BCUT2D eigenvalue weighted by molar-refractivity contribution is -0.115. The molecule has 0 fully saturated rings. The number of carbonyl (C=O) groups is 1. The van der Waals surface area contributed by atoms with Crippen LogP contribution >= 0.6 is 0 Å². The fourth-order valence-electron chi connectivity index (χ4n) is 0.533. The van der Waals surface area contributed by atoms with E-state index in [1.165, 1.54) is 0 Å². The zero-order chi connectivity index (χ0) is 8.91. The molecule has 0 bridgehead atoms. The van der Waals surface area contributed by atoms with Gasteiger partial charge in [0.1, 0.15) is 12.4 Å². The first-order chi connectivity index (χ1) is 5.10. The molecule has 0 aliphatic rings. The molecule has 4 nitrogen and oxygen atoms in total. The zero-order valence-electron chi connectivity index (χ0n) is 5.90. The Morgan fingerprint density at radius 1 is 1.73 bits per heavy atom. The molecular formula is C7H10O4. The third-order valence-electron chi connectivity index (χ3n) is 1.36. The Bertz CT molecular complexity index is 172. The maximum absolute atomic E-state index is 9.87. The highest BCUT2D eigenvalue weighted by Crippen LogP contribution is 2.10. The highest BCUT2D eigenvalue weighted by atomic mass is 16.4. The van der Waals surface area contributed by atoms with E-state index in [1.54, 1.807) is 0 Å². The van der Waals surface area contributed by atoms with Crippen LogP contribution in [0.25, 0.3) is 0 Å². The summed E-state index contributed by atoms with van der Waals surface area (Å²) in [7, 11) is 0.